The fourth-order valence-electron chi connectivity index (χ4n) is 8.93. The van der Waals surface area contributed by atoms with E-state index in [1.54, 1.807) is 0 Å². The van der Waals surface area contributed by atoms with E-state index in [0.717, 1.165) is 83.0 Å². The largest absolute Gasteiger partial charge is 0.456 e. The van der Waals surface area contributed by atoms with Crippen LogP contribution >= 0.6 is 0 Å². The Labute approximate surface area is 321 Å². The van der Waals surface area contributed by atoms with E-state index in [9.17, 15) is 0 Å². The summed E-state index contributed by atoms with van der Waals surface area (Å²) in [7, 11) is 0. The van der Waals surface area contributed by atoms with Gasteiger partial charge in [0.05, 0.1) is 22.1 Å². The monoisotopic (exact) mass is 716 g/mol. The molecule has 0 fully saturated rings. The second-order valence-corrected chi connectivity index (χ2v) is 14.5. The van der Waals surface area contributed by atoms with E-state index in [1.165, 1.54) is 27.4 Å². The van der Waals surface area contributed by atoms with Gasteiger partial charge in [-0.25, -0.2) is 0 Å². The standard InChI is InChI=1S/C52H32N2O2/c1-2-15-35(16-3-1)54-44-22-8-6-20-42(44)50-38(21-11-23-45(50)54)34-14-10-17-36(31-34)53(37-28-30-41-40-19-7-9-25-47(40)55-49(41)32-37)46-24-12-26-48-51(46)43-29-27-33-13-4-5-18-39(33)52(43)56-48/h1-32H. The zero-order valence-corrected chi connectivity index (χ0v) is 30.2. The molecule has 4 nitrogen and oxygen atoms in total. The molecule has 4 heteroatoms. The van der Waals surface area contributed by atoms with Gasteiger partial charge in [0.1, 0.15) is 22.3 Å². The molecule has 0 bridgehead atoms. The number of aromatic nitrogens is 1. The lowest BCUT2D eigenvalue weighted by Crippen LogP contribution is -2.10. The highest BCUT2D eigenvalue weighted by Crippen LogP contribution is 2.47. The topological polar surface area (TPSA) is 34.5 Å². The third-order valence-corrected chi connectivity index (χ3v) is 11.4. The Bertz CT molecular complexity index is 3500. The van der Waals surface area contributed by atoms with Crippen molar-refractivity contribution in [2.24, 2.45) is 0 Å². The molecule has 0 aliphatic rings. The Morgan fingerprint density at radius 1 is 0.393 bits per heavy atom. The van der Waals surface area contributed by atoms with Crippen molar-refractivity contribution in [2.45, 2.75) is 0 Å². The minimum Gasteiger partial charge on any atom is -0.456 e. The predicted octanol–water partition coefficient (Wildman–Crippen LogP) is 14.9. The lowest BCUT2D eigenvalue weighted by Gasteiger charge is -2.27. The molecule has 0 aliphatic carbocycles. The second-order valence-electron chi connectivity index (χ2n) is 14.5. The summed E-state index contributed by atoms with van der Waals surface area (Å²) < 4.78 is 15.6. The van der Waals surface area contributed by atoms with E-state index in [2.05, 4.69) is 191 Å². The molecule has 12 rings (SSSR count). The maximum atomic E-state index is 6.71. The van der Waals surface area contributed by atoms with Crippen molar-refractivity contribution in [1.29, 1.82) is 0 Å². The maximum absolute atomic E-state index is 6.71. The molecule has 0 spiro atoms. The van der Waals surface area contributed by atoms with Gasteiger partial charge in [-0.3, -0.25) is 0 Å². The Morgan fingerprint density at radius 2 is 1.09 bits per heavy atom. The SMILES string of the molecule is c1ccc(-n2c3ccccc3c3c(-c4cccc(N(c5ccc6c(c5)oc5ccccc56)c5cccc6oc7c8ccccc8ccc7c56)c4)cccc32)cc1. The van der Waals surface area contributed by atoms with Crippen LogP contribution in [0.25, 0.3) is 93.3 Å². The van der Waals surface area contributed by atoms with E-state index in [0.29, 0.717) is 0 Å². The van der Waals surface area contributed by atoms with Crippen LogP contribution in [0, 0.1) is 0 Å². The molecule has 3 aromatic heterocycles. The number of fused-ring (bicyclic) bond motifs is 11. The van der Waals surface area contributed by atoms with Crippen LogP contribution in [0.3, 0.4) is 0 Å². The van der Waals surface area contributed by atoms with Crippen molar-refractivity contribution in [3.8, 4) is 16.8 Å². The van der Waals surface area contributed by atoms with Crippen LogP contribution in [0.5, 0.6) is 0 Å². The molecule has 0 atom stereocenters. The van der Waals surface area contributed by atoms with Gasteiger partial charge in [0.15, 0.2) is 0 Å². The summed E-state index contributed by atoms with van der Waals surface area (Å²) in [6.07, 6.45) is 0. The summed E-state index contributed by atoms with van der Waals surface area (Å²) >= 11 is 0. The lowest BCUT2D eigenvalue weighted by molar-refractivity contribution is 0.669. The average molecular weight is 717 g/mol. The molecular formula is C52H32N2O2. The van der Waals surface area contributed by atoms with Gasteiger partial charge in [-0.05, 0) is 89.3 Å². The molecule has 0 aliphatic heterocycles. The van der Waals surface area contributed by atoms with E-state index in [1.807, 2.05) is 12.1 Å². The van der Waals surface area contributed by atoms with Gasteiger partial charge in [0, 0.05) is 55.4 Å². The molecule has 12 aromatic rings. The normalized spacial score (nSPS) is 11.9. The Hall–Kier alpha value is -7.56. The van der Waals surface area contributed by atoms with Gasteiger partial charge in [-0.15, -0.1) is 0 Å². The summed E-state index contributed by atoms with van der Waals surface area (Å²) in [5, 5.41) is 9.07. The minimum absolute atomic E-state index is 0.846. The number of para-hydroxylation sites is 3. The summed E-state index contributed by atoms with van der Waals surface area (Å²) in [5.74, 6) is 0. The van der Waals surface area contributed by atoms with Crippen molar-refractivity contribution in [3.05, 3.63) is 194 Å². The molecule has 0 saturated heterocycles. The third-order valence-electron chi connectivity index (χ3n) is 11.4. The first-order valence-corrected chi connectivity index (χ1v) is 19.0. The first kappa shape index (κ1) is 30.9. The molecule has 0 unspecified atom stereocenters. The number of rotatable bonds is 5. The van der Waals surface area contributed by atoms with Gasteiger partial charge >= 0.3 is 0 Å². The number of furan rings is 2. The Balaban J connectivity index is 1.12. The average Bonchev–Trinajstić information content (AvgIpc) is 3.94. The van der Waals surface area contributed by atoms with E-state index in [4.69, 9.17) is 8.83 Å². The van der Waals surface area contributed by atoms with Gasteiger partial charge < -0.3 is 18.3 Å². The summed E-state index contributed by atoms with van der Waals surface area (Å²) in [5.41, 5.74) is 12.3. The van der Waals surface area contributed by atoms with Crippen molar-refractivity contribution >= 4 is 93.5 Å². The van der Waals surface area contributed by atoms with E-state index in [-0.39, 0.29) is 0 Å². The minimum atomic E-state index is 0.846. The van der Waals surface area contributed by atoms with Crippen LogP contribution in [-0.2, 0) is 0 Å². The first-order valence-electron chi connectivity index (χ1n) is 19.0. The highest BCUT2D eigenvalue weighted by molar-refractivity contribution is 6.20. The molecule has 0 N–H and O–H groups in total. The zero-order chi connectivity index (χ0) is 36.7. The molecule has 0 radical (unpaired) electrons. The number of anilines is 3. The number of benzene rings is 9. The van der Waals surface area contributed by atoms with Crippen LogP contribution in [0.15, 0.2) is 203 Å². The Kier molecular flexibility index (Phi) is 6.60. The molecular weight excluding hydrogens is 685 g/mol. The highest BCUT2D eigenvalue weighted by Gasteiger charge is 2.23. The molecule has 9 aromatic carbocycles. The van der Waals surface area contributed by atoms with Crippen molar-refractivity contribution in [2.75, 3.05) is 4.90 Å². The van der Waals surface area contributed by atoms with Gasteiger partial charge in [-0.1, -0.05) is 115 Å². The molecule has 0 amide bonds. The van der Waals surface area contributed by atoms with Crippen molar-refractivity contribution < 1.29 is 8.83 Å². The number of nitrogens with zero attached hydrogens (tertiary/aromatic N) is 2. The smallest absolute Gasteiger partial charge is 0.143 e. The van der Waals surface area contributed by atoms with Crippen LogP contribution < -0.4 is 4.90 Å². The summed E-state index contributed by atoms with van der Waals surface area (Å²) in [6.45, 7) is 0. The Morgan fingerprint density at radius 3 is 2.02 bits per heavy atom. The fourth-order valence-corrected chi connectivity index (χ4v) is 8.93. The number of hydrogen-bond acceptors (Lipinski definition) is 3. The third kappa shape index (κ3) is 4.53. The van der Waals surface area contributed by atoms with E-state index >= 15 is 0 Å². The summed E-state index contributed by atoms with van der Waals surface area (Å²) in [6, 6.07) is 69.0. The quantitative estimate of drug-likeness (QED) is 0.178. The molecule has 0 saturated carbocycles. The van der Waals surface area contributed by atoms with Crippen molar-refractivity contribution in [3.63, 3.8) is 0 Å². The highest BCUT2D eigenvalue weighted by atomic mass is 16.3. The van der Waals surface area contributed by atoms with Gasteiger partial charge in [0.25, 0.3) is 0 Å². The van der Waals surface area contributed by atoms with Crippen LogP contribution in [0.2, 0.25) is 0 Å². The molecule has 3 heterocycles. The zero-order valence-electron chi connectivity index (χ0n) is 30.2. The predicted molar refractivity (Wildman–Crippen MR) is 233 cm³/mol. The first-order chi connectivity index (χ1) is 27.8. The maximum Gasteiger partial charge on any atom is 0.143 e. The van der Waals surface area contributed by atoms with Crippen LogP contribution in [-0.4, -0.2) is 4.57 Å². The van der Waals surface area contributed by atoms with Gasteiger partial charge in [-0.2, -0.15) is 0 Å². The van der Waals surface area contributed by atoms with Crippen LogP contribution in [0.4, 0.5) is 17.1 Å². The second kappa shape index (κ2) is 12.0. The molecule has 56 heavy (non-hydrogen) atoms. The fraction of sp³-hybridized carbons (Fsp3) is 0. The van der Waals surface area contributed by atoms with Gasteiger partial charge in [0.2, 0.25) is 0 Å². The van der Waals surface area contributed by atoms with Crippen LogP contribution in [0.1, 0.15) is 0 Å². The molecule has 262 valence electrons. The number of hydrogen-bond donors (Lipinski definition) is 0. The van der Waals surface area contributed by atoms with Crippen molar-refractivity contribution in [1.82, 2.24) is 4.57 Å². The van der Waals surface area contributed by atoms with E-state index < -0.39 is 0 Å². The summed E-state index contributed by atoms with van der Waals surface area (Å²) in [4.78, 5) is 2.36. The lowest BCUT2D eigenvalue weighted by atomic mass is 9.98.